The first-order valence-corrected chi connectivity index (χ1v) is 7.01. The highest BCUT2D eigenvalue weighted by Gasteiger charge is 2.23. The van der Waals surface area contributed by atoms with Gasteiger partial charge in [0.1, 0.15) is 0 Å². The fourth-order valence-electron chi connectivity index (χ4n) is 2.30. The molecular weight excluding hydrogens is 312 g/mol. The molecule has 124 valence electrons. The Morgan fingerprint density at radius 2 is 1.29 bits per heavy atom. The molecule has 0 aliphatic carbocycles. The molecule has 0 amide bonds. The highest BCUT2D eigenvalue weighted by atomic mass is 16.5. The summed E-state index contributed by atoms with van der Waals surface area (Å²) in [5.74, 6) is -1.75. The summed E-state index contributed by atoms with van der Waals surface area (Å²) in [5, 5.41) is 0. The molecule has 24 heavy (non-hydrogen) atoms. The van der Waals surface area contributed by atoms with Crippen molar-refractivity contribution in [3.63, 3.8) is 0 Å². The van der Waals surface area contributed by atoms with Crippen molar-refractivity contribution in [1.82, 2.24) is 0 Å². The lowest BCUT2D eigenvalue weighted by Crippen LogP contribution is -2.13. The maximum absolute atomic E-state index is 12.2. The number of hydrogen-bond donors (Lipinski definition) is 0. The van der Waals surface area contributed by atoms with E-state index in [0.29, 0.717) is 16.7 Å². The first kappa shape index (κ1) is 17.2. The van der Waals surface area contributed by atoms with E-state index >= 15 is 0 Å². The molecule has 0 aliphatic rings. The minimum absolute atomic E-state index is 0.109. The molecule has 0 N–H and O–H groups in total. The first-order valence-electron chi connectivity index (χ1n) is 7.01. The topological polar surface area (TPSA) is 78.9 Å². The predicted molar refractivity (Wildman–Crippen MR) is 85.9 cm³/mol. The summed E-state index contributed by atoms with van der Waals surface area (Å²) in [6, 6.07) is 11.3. The van der Waals surface area contributed by atoms with Crippen molar-refractivity contribution in [3.05, 3.63) is 59.2 Å². The number of rotatable bonds is 4. The van der Waals surface area contributed by atoms with Crippen LogP contribution in [-0.4, -0.2) is 39.2 Å². The van der Waals surface area contributed by atoms with Gasteiger partial charge in [-0.3, -0.25) is 0 Å². The zero-order valence-electron chi connectivity index (χ0n) is 13.5. The molecule has 0 fully saturated rings. The fraction of sp³-hybridized carbons (Fsp3) is 0.167. The minimum Gasteiger partial charge on any atom is -0.465 e. The Morgan fingerprint density at radius 1 is 0.708 bits per heavy atom. The van der Waals surface area contributed by atoms with Gasteiger partial charge in [0.2, 0.25) is 0 Å². The molecule has 0 unspecified atom stereocenters. The maximum Gasteiger partial charge on any atom is 0.339 e. The van der Waals surface area contributed by atoms with Crippen molar-refractivity contribution in [3.8, 4) is 11.1 Å². The Morgan fingerprint density at radius 3 is 1.83 bits per heavy atom. The number of methoxy groups -OCH3 is 3. The number of ether oxygens (including phenoxy) is 3. The van der Waals surface area contributed by atoms with Crippen molar-refractivity contribution in [2.24, 2.45) is 0 Å². The van der Waals surface area contributed by atoms with Crippen LogP contribution in [0.25, 0.3) is 11.1 Å². The van der Waals surface area contributed by atoms with E-state index in [1.807, 2.05) is 0 Å². The van der Waals surface area contributed by atoms with Crippen molar-refractivity contribution in [1.29, 1.82) is 0 Å². The van der Waals surface area contributed by atoms with Gasteiger partial charge in [0.15, 0.2) is 0 Å². The first-order chi connectivity index (χ1) is 11.5. The quantitative estimate of drug-likeness (QED) is 0.634. The molecule has 0 saturated heterocycles. The van der Waals surface area contributed by atoms with E-state index in [4.69, 9.17) is 9.47 Å². The van der Waals surface area contributed by atoms with Gasteiger partial charge in [-0.1, -0.05) is 24.3 Å². The van der Waals surface area contributed by atoms with Crippen LogP contribution in [0.3, 0.4) is 0 Å². The summed E-state index contributed by atoms with van der Waals surface area (Å²) in [7, 11) is 3.77. The Labute approximate surface area is 139 Å². The molecule has 0 radical (unpaired) electrons. The van der Waals surface area contributed by atoms with Gasteiger partial charge in [-0.05, 0) is 29.3 Å². The zero-order chi connectivity index (χ0) is 17.7. The lowest BCUT2D eigenvalue weighted by molar-refractivity contribution is 0.0556. The average molecular weight is 328 g/mol. The normalized spacial score (nSPS) is 9.96. The molecule has 0 saturated carbocycles. The molecule has 6 heteroatoms. The van der Waals surface area contributed by atoms with Gasteiger partial charge >= 0.3 is 17.9 Å². The number of esters is 3. The molecule has 2 aromatic carbocycles. The van der Waals surface area contributed by atoms with E-state index in [2.05, 4.69) is 4.74 Å². The molecular formula is C18H16O6. The second-order valence-electron chi connectivity index (χ2n) is 4.78. The van der Waals surface area contributed by atoms with Gasteiger partial charge in [-0.15, -0.1) is 0 Å². The van der Waals surface area contributed by atoms with Crippen LogP contribution in [0.5, 0.6) is 0 Å². The third-order valence-electron chi connectivity index (χ3n) is 3.48. The monoisotopic (exact) mass is 328 g/mol. The van der Waals surface area contributed by atoms with Crippen LogP contribution in [0.1, 0.15) is 31.1 Å². The standard InChI is InChI=1S/C18H16O6/c1-22-16(19)12-9-7-11(8-10-12)13-5-4-6-14(17(20)23-2)15(13)18(21)24-3/h4-10H,1-3H3. The molecule has 0 atom stereocenters. The maximum atomic E-state index is 12.2. The molecule has 0 bridgehead atoms. The molecule has 0 aliphatic heterocycles. The summed E-state index contributed by atoms with van der Waals surface area (Å²) in [6.07, 6.45) is 0. The summed E-state index contributed by atoms with van der Waals surface area (Å²) in [5.41, 5.74) is 1.75. The Kier molecular flexibility index (Phi) is 5.31. The largest absolute Gasteiger partial charge is 0.465 e. The number of carbonyl (C=O) groups is 3. The van der Waals surface area contributed by atoms with E-state index in [-0.39, 0.29) is 11.1 Å². The van der Waals surface area contributed by atoms with Crippen LogP contribution in [0.4, 0.5) is 0 Å². The second-order valence-corrected chi connectivity index (χ2v) is 4.78. The molecule has 0 spiro atoms. The SMILES string of the molecule is COC(=O)c1ccc(-c2cccc(C(=O)OC)c2C(=O)OC)cc1. The smallest absolute Gasteiger partial charge is 0.339 e. The van der Waals surface area contributed by atoms with E-state index in [1.54, 1.807) is 36.4 Å². The van der Waals surface area contributed by atoms with Crippen molar-refractivity contribution in [2.45, 2.75) is 0 Å². The van der Waals surface area contributed by atoms with E-state index < -0.39 is 17.9 Å². The Bertz CT molecular complexity index is 777. The third-order valence-corrected chi connectivity index (χ3v) is 3.48. The summed E-state index contributed by atoms with van der Waals surface area (Å²) < 4.78 is 14.2. The van der Waals surface area contributed by atoms with Crippen LogP contribution >= 0.6 is 0 Å². The van der Waals surface area contributed by atoms with Crippen LogP contribution in [0.15, 0.2) is 42.5 Å². The van der Waals surface area contributed by atoms with Crippen LogP contribution in [0.2, 0.25) is 0 Å². The summed E-state index contributed by atoms with van der Waals surface area (Å²) in [6.45, 7) is 0. The molecule has 6 nitrogen and oxygen atoms in total. The van der Waals surface area contributed by atoms with Crippen molar-refractivity contribution >= 4 is 17.9 Å². The van der Waals surface area contributed by atoms with Gasteiger partial charge < -0.3 is 14.2 Å². The van der Waals surface area contributed by atoms with Gasteiger partial charge in [0.05, 0.1) is 38.0 Å². The van der Waals surface area contributed by atoms with Crippen molar-refractivity contribution in [2.75, 3.05) is 21.3 Å². The van der Waals surface area contributed by atoms with Gasteiger partial charge in [-0.25, -0.2) is 14.4 Å². The van der Waals surface area contributed by atoms with E-state index in [0.717, 1.165) is 0 Å². The Hall–Kier alpha value is -3.15. The van der Waals surface area contributed by atoms with Crippen LogP contribution < -0.4 is 0 Å². The fourth-order valence-corrected chi connectivity index (χ4v) is 2.30. The highest BCUT2D eigenvalue weighted by Crippen LogP contribution is 2.28. The second kappa shape index (κ2) is 7.41. The number of hydrogen-bond acceptors (Lipinski definition) is 6. The molecule has 0 aromatic heterocycles. The molecule has 0 heterocycles. The van der Waals surface area contributed by atoms with Gasteiger partial charge in [0.25, 0.3) is 0 Å². The Balaban J connectivity index is 2.59. The number of benzene rings is 2. The summed E-state index contributed by atoms with van der Waals surface area (Å²) in [4.78, 5) is 35.6. The highest BCUT2D eigenvalue weighted by molar-refractivity contribution is 6.08. The van der Waals surface area contributed by atoms with E-state index in [1.165, 1.54) is 27.4 Å². The van der Waals surface area contributed by atoms with Gasteiger partial charge in [0, 0.05) is 0 Å². The van der Waals surface area contributed by atoms with Gasteiger partial charge in [-0.2, -0.15) is 0 Å². The lowest BCUT2D eigenvalue weighted by atomic mass is 9.94. The minimum atomic E-state index is -0.650. The predicted octanol–water partition coefficient (Wildman–Crippen LogP) is 2.71. The average Bonchev–Trinajstić information content (AvgIpc) is 2.65. The van der Waals surface area contributed by atoms with E-state index in [9.17, 15) is 14.4 Å². The van der Waals surface area contributed by atoms with Crippen molar-refractivity contribution < 1.29 is 28.6 Å². The number of carbonyl (C=O) groups excluding carboxylic acids is 3. The molecule has 2 rings (SSSR count). The van der Waals surface area contributed by atoms with Crippen LogP contribution in [-0.2, 0) is 14.2 Å². The summed E-state index contributed by atoms with van der Waals surface area (Å²) >= 11 is 0. The lowest BCUT2D eigenvalue weighted by Gasteiger charge is -2.12. The molecule has 2 aromatic rings. The van der Waals surface area contributed by atoms with Crippen LogP contribution in [0, 0.1) is 0 Å². The third kappa shape index (κ3) is 3.27. The zero-order valence-corrected chi connectivity index (χ0v) is 13.5.